The number of aryl methyl sites for hydroxylation is 2. The Balaban J connectivity index is 1.75. The van der Waals surface area contributed by atoms with E-state index in [4.69, 9.17) is 0 Å². The highest BCUT2D eigenvalue weighted by molar-refractivity contribution is 9.08. The largest absolute Gasteiger partial charge is 0.359 e. The lowest BCUT2D eigenvalue weighted by Gasteiger charge is -2.29. The molecule has 106 valence electrons. The zero-order valence-corrected chi connectivity index (χ0v) is 13.8. The molecule has 0 saturated heterocycles. The molecule has 3 atom stereocenters. The van der Waals surface area contributed by atoms with Crippen molar-refractivity contribution in [2.24, 2.45) is 24.8 Å². The van der Waals surface area contributed by atoms with Crippen LogP contribution in [0.1, 0.15) is 36.9 Å². The Labute approximate surface area is 124 Å². The maximum absolute atomic E-state index is 4.57. The molecule has 2 aliphatic carbocycles. The van der Waals surface area contributed by atoms with Crippen LogP contribution >= 0.6 is 15.9 Å². The summed E-state index contributed by atoms with van der Waals surface area (Å²) in [6.45, 7) is 3.30. The van der Waals surface area contributed by atoms with Gasteiger partial charge in [-0.15, -0.1) is 0 Å². The minimum atomic E-state index is 0.892. The molecule has 2 aliphatic rings. The van der Waals surface area contributed by atoms with Crippen molar-refractivity contribution in [3.8, 4) is 0 Å². The van der Waals surface area contributed by atoms with Gasteiger partial charge in [0.15, 0.2) is 0 Å². The Hall–Kier alpha value is -0.510. The van der Waals surface area contributed by atoms with E-state index < -0.39 is 0 Å². The van der Waals surface area contributed by atoms with Gasteiger partial charge in [-0.25, -0.2) is 0 Å². The molecular formula is C15H24BrN3. The number of alkyl halides is 1. The topological polar surface area (TPSA) is 21.1 Å². The predicted octanol–water partition coefficient (Wildman–Crippen LogP) is 3.50. The van der Waals surface area contributed by atoms with Gasteiger partial charge >= 0.3 is 0 Å². The lowest BCUT2D eigenvalue weighted by molar-refractivity contribution is 0.336. The van der Waals surface area contributed by atoms with Gasteiger partial charge in [0, 0.05) is 31.5 Å². The van der Waals surface area contributed by atoms with Crippen molar-refractivity contribution in [1.29, 1.82) is 0 Å². The summed E-state index contributed by atoms with van der Waals surface area (Å²) in [5.41, 5.74) is 2.49. The van der Waals surface area contributed by atoms with Crippen molar-refractivity contribution < 1.29 is 0 Å². The number of nitrogens with zero attached hydrogens (tertiary/aromatic N) is 3. The van der Waals surface area contributed by atoms with Crippen molar-refractivity contribution in [2.75, 3.05) is 18.5 Å². The number of hydrogen-bond donors (Lipinski definition) is 0. The van der Waals surface area contributed by atoms with Gasteiger partial charge < -0.3 is 4.90 Å². The Morgan fingerprint density at radius 1 is 1.37 bits per heavy atom. The summed E-state index contributed by atoms with van der Waals surface area (Å²) < 4.78 is 2.04. The molecule has 3 rings (SSSR count). The summed E-state index contributed by atoms with van der Waals surface area (Å²) in [5.74, 6) is 4.22. The zero-order chi connectivity index (χ0) is 13.6. The van der Waals surface area contributed by atoms with Crippen LogP contribution < -0.4 is 4.90 Å². The molecule has 0 aromatic carbocycles. The lowest BCUT2D eigenvalue weighted by Crippen LogP contribution is -2.30. The summed E-state index contributed by atoms with van der Waals surface area (Å²) in [5, 5.41) is 5.46. The van der Waals surface area contributed by atoms with E-state index in [-0.39, 0.29) is 0 Å². The molecule has 3 nitrogen and oxygen atoms in total. The number of anilines is 1. The molecule has 3 unspecified atom stereocenters. The standard InChI is InChI=1S/C15H24BrN3/c1-10-14(8-16)15(19(3)17-10)18(2)9-13-7-11-4-5-12(13)6-11/h11-13H,4-9H2,1-3H3. The summed E-state index contributed by atoms with van der Waals surface area (Å²) in [7, 11) is 4.29. The number of hydrogen-bond acceptors (Lipinski definition) is 2. The fourth-order valence-electron chi connectivity index (χ4n) is 4.36. The van der Waals surface area contributed by atoms with E-state index >= 15 is 0 Å². The molecule has 0 spiro atoms. The molecule has 4 heteroatoms. The first kappa shape index (κ1) is 13.5. The van der Waals surface area contributed by atoms with E-state index in [0.717, 1.165) is 28.8 Å². The van der Waals surface area contributed by atoms with Crippen LogP contribution in [0.25, 0.3) is 0 Å². The highest BCUT2D eigenvalue weighted by Gasteiger charge is 2.40. The maximum Gasteiger partial charge on any atom is 0.130 e. The van der Waals surface area contributed by atoms with Gasteiger partial charge in [-0.2, -0.15) is 5.10 Å². The summed E-state index contributed by atoms with van der Waals surface area (Å²) in [6.07, 6.45) is 5.91. The summed E-state index contributed by atoms with van der Waals surface area (Å²) in [6, 6.07) is 0. The molecule has 1 heterocycles. The van der Waals surface area contributed by atoms with Gasteiger partial charge in [-0.05, 0) is 43.9 Å². The number of rotatable bonds is 4. The second-order valence-corrected chi connectivity index (χ2v) is 7.02. The molecule has 2 fully saturated rings. The third-order valence-corrected chi connectivity index (χ3v) is 5.76. The second kappa shape index (κ2) is 5.12. The van der Waals surface area contributed by atoms with Crippen molar-refractivity contribution in [1.82, 2.24) is 9.78 Å². The van der Waals surface area contributed by atoms with Gasteiger partial charge in [-0.1, -0.05) is 22.4 Å². The van der Waals surface area contributed by atoms with E-state index in [1.54, 1.807) is 0 Å². The molecule has 19 heavy (non-hydrogen) atoms. The van der Waals surface area contributed by atoms with Crippen molar-refractivity contribution in [2.45, 2.75) is 37.9 Å². The minimum Gasteiger partial charge on any atom is -0.359 e. The first-order valence-corrected chi connectivity index (χ1v) is 8.51. The van der Waals surface area contributed by atoms with Gasteiger partial charge in [0.2, 0.25) is 0 Å². The Bertz CT molecular complexity index is 468. The fourth-order valence-corrected chi connectivity index (χ4v) is 5.02. The van der Waals surface area contributed by atoms with E-state index in [1.807, 2.05) is 4.68 Å². The number of fused-ring (bicyclic) bond motifs is 2. The molecule has 1 aromatic rings. The Kier molecular flexibility index (Phi) is 3.63. The quantitative estimate of drug-likeness (QED) is 0.790. The van der Waals surface area contributed by atoms with Crippen molar-refractivity contribution in [3.63, 3.8) is 0 Å². The fraction of sp³-hybridized carbons (Fsp3) is 0.800. The van der Waals surface area contributed by atoms with Crippen molar-refractivity contribution in [3.05, 3.63) is 11.3 Å². The van der Waals surface area contributed by atoms with Crippen LogP contribution in [0.5, 0.6) is 0 Å². The normalized spacial score (nSPS) is 29.2. The maximum atomic E-state index is 4.57. The number of aromatic nitrogens is 2. The zero-order valence-electron chi connectivity index (χ0n) is 12.2. The summed E-state index contributed by atoms with van der Waals surface area (Å²) >= 11 is 3.61. The predicted molar refractivity (Wildman–Crippen MR) is 82.8 cm³/mol. The average Bonchev–Trinajstić information content (AvgIpc) is 3.02. The molecule has 0 N–H and O–H groups in total. The van der Waals surface area contributed by atoms with Crippen LogP contribution in [0.3, 0.4) is 0 Å². The van der Waals surface area contributed by atoms with E-state index in [2.05, 4.69) is 46.9 Å². The van der Waals surface area contributed by atoms with Crippen LogP contribution in [-0.2, 0) is 12.4 Å². The lowest BCUT2D eigenvalue weighted by atomic mass is 9.88. The van der Waals surface area contributed by atoms with Gasteiger partial charge in [0.1, 0.15) is 5.82 Å². The van der Waals surface area contributed by atoms with Crippen LogP contribution in [-0.4, -0.2) is 23.4 Å². The van der Waals surface area contributed by atoms with E-state index in [9.17, 15) is 0 Å². The average molecular weight is 326 g/mol. The van der Waals surface area contributed by atoms with E-state index in [1.165, 1.54) is 43.6 Å². The van der Waals surface area contributed by atoms with Crippen LogP contribution in [0.15, 0.2) is 0 Å². The third kappa shape index (κ3) is 2.32. The highest BCUT2D eigenvalue weighted by Crippen LogP contribution is 2.48. The first-order chi connectivity index (χ1) is 9.10. The molecule has 0 radical (unpaired) electrons. The van der Waals surface area contributed by atoms with Crippen molar-refractivity contribution >= 4 is 21.7 Å². The SMILES string of the molecule is Cc1nn(C)c(N(C)CC2CC3CCC2C3)c1CBr. The third-order valence-electron chi connectivity index (χ3n) is 5.20. The van der Waals surface area contributed by atoms with Crippen LogP contribution in [0.4, 0.5) is 5.82 Å². The molecule has 2 saturated carbocycles. The molecule has 1 aromatic heterocycles. The second-order valence-electron chi connectivity index (χ2n) is 6.46. The highest BCUT2D eigenvalue weighted by atomic mass is 79.9. The van der Waals surface area contributed by atoms with E-state index in [0.29, 0.717) is 0 Å². The first-order valence-electron chi connectivity index (χ1n) is 7.39. The molecule has 0 amide bonds. The van der Waals surface area contributed by atoms with Gasteiger partial charge in [-0.3, -0.25) is 4.68 Å². The molecular weight excluding hydrogens is 302 g/mol. The van der Waals surface area contributed by atoms with Gasteiger partial charge in [0.25, 0.3) is 0 Å². The minimum absolute atomic E-state index is 0.892. The van der Waals surface area contributed by atoms with Crippen LogP contribution in [0, 0.1) is 24.7 Å². The Morgan fingerprint density at radius 3 is 2.74 bits per heavy atom. The smallest absolute Gasteiger partial charge is 0.130 e. The number of halogens is 1. The molecule has 0 aliphatic heterocycles. The summed E-state index contributed by atoms with van der Waals surface area (Å²) in [4.78, 5) is 2.43. The Morgan fingerprint density at radius 2 is 2.16 bits per heavy atom. The molecule has 2 bridgehead atoms. The van der Waals surface area contributed by atoms with Gasteiger partial charge in [0.05, 0.1) is 5.69 Å². The van der Waals surface area contributed by atoms with Crippen LogP contribution in [0.2, 0.25) is 0 Å². The monoisotopic (exact) mass is 325 g/mol.